The third-order valence-corrected chi connectivity index (χ3v) is 4.19. The van der Waals surface area contributed by atoms with Gasteiger partial charge in [0.05, 0.1) is 6.21 Å². The molecule has 1 saturated heterocycles. The number of rotatable bonds is 3. The predicted molar refractivity (Wildman–Crippen MR) is 82.5 cm³/mol. The molecule has 3 rings (SSSR count). The summed E-state index contributed by atoms with van der Waals surface area (Å²) in [7, 11) is 2.07. The van der Waals surface area contributed by atoms with E-state index in [0.29, 0.717) is 0 Å². The summed E-state index contributed by atoms with van der Waals surface area (Å²) in [4.78, 5) is 16.8. The molecule has 0 atom stereocenters. The van der Waals surface area contributed by atoms with Gasteiger partial charge in [0.15, 0.2) is 4.77 Å². The van der Waals surface area contributed by atoms with E-state index < -0.39 is 5.56 Å². The largest absolute Gasteiger partial charge is 0.494 e. The fourth-order valence-electron chi connectivity index (χ4n) is 2.39. The number of hydrazone groups is 1. The summed E-state index contributed by atoms with van der Waals surface area (Å²) in [5.41, 5.74) is -0.221. The molecule has 21 heavy (non-hydrogen) atoms. The van der Waals surface area contributed by atoms with Gasteiger partial charge in [0.25, 0.3) is 5.56 Å². The van der Waals surface area contributed by atoms with Crippen LogP contribution < -0.4 is 5.56 Å². The van der Waals surface area contributed by atoms with Crippen molar-refractivity contribution < 1.29 is 5.11 Å². The van der Waals surface area contributed by atoms with Gasteiger partial charge in [-0.15, -0.1) is 0 Å². The van der Waals surface area contributed by atoms with Crippen LogP contribution in [0.2, 0.25) is 0 Å². The lowest BCUT2D eigenvalue weighted by atomic mass is 10.3. The van der Waals surface area contributed by atoms with Gasteiger partial charge in [-0.2, -0.15) is 5.10 Å². The number of aromatic hydroxyl groups is 1. The molecule has 8 heteroatoms. The highest BCUT2D eigenvalue weighted by Crippen LogP contribution is 2.37. The number of nitrogens with one attached hydrogen (secondary N) is 1. The van der Waals surface area contributed by atoms with E-state index in [4.69, 9.17) is 12.2 Å². The summed E-state index contributed by atoms with van der Waals surface area (Å²) in [6.07, 6.45) is 3.39. The Kier molecular flexibility index (Phi) is 3.81. The van der Waals surface area contributed by atoms with Crippen molar-refractivity contribution in [1.29, 1.82) is 0 Å². The number of aromatic amines is 1. The summed E-state index contributed by atoms with van der Waals surface area (Å²) >= 11 is 5.11. The molecule has 1 aromatic heterocycles. The van der Waals surface area contributed by atoms with E-state index in [-0.39, 0.29) is 22.3 Å². The molecule has 1 aliphatic carbocycles. The normalized spacial score (nSPS) is 20.3. The minimum atomic E-state index is -0.396. The molecule has 2 N–H and O–H groups in total. The first-order chi connectivity index (χ1) is 10.1. The van der Waals surface area contributed by atoms with Gasteiger partial charge in [0.1, 0.15) is 5.56 Å². The molecular formula is C13H19N5O2S. The van der Waals surface area contributed by atoms with Crippen molar-refractivity contribution >= 4 is 18.4 Å². The van der Waals surface area contributed by atoms with Crippen molar-refractivity contribution in [3.05, 3.63) is 20.7 Å². The topological polar surface area (TPSA) is 76.9 Å². The molecule has 1 saturated carbocycles. The Morgan fingerprint density at radius 1 is 1.33 bits per heavy atom. The first-order valence-corrected chi connectivity index (χ1v) is 7.52. The van der Waals surface area contributed by atoms with E-state index in [1.807, 2.05) is 5.01 Å². The van der Waals surface area contributed by atoms with Crippen molar-refractivity contribution in [3.8, 4) is 5.88 Å². The Morgan fingerprint density at radius 3 is 2.62 bits per heavy atom. The molecule has 2 heterocycles. The van der Waals surface area contributed by atoms with E-state index in [1.165, 1.54) is 6.21 Å². The number of nitrogens with zero attached hydrogens (tertiary/aromatic N) is 4. The van der Waals surface area contributed by atoms with Gasteiger partial charge in [-0.1, -0.05) is 0 Å². The molecule has 2 aliphatic rings. The van der Waals surface area contributed by atoms with Crippen LogP contribution in [-0.4, -0.2) is 64.0 Å². The van der Waals surface area contributed by atoms with Crippen LogP contribution in [0.25, 0.3) is 0 Å². The standard InChI is InChI=1S/C13H19N5O2S/c1-16-4-6-17(7-5-16)14-8-10-11(19)15-13(21)18(12(10)20)9-2-3-9/h8-9,20H,2-7H2,1H3,(H,15,19,21)/b14-8+. The zero-order chi connectivity index (χ0) is 15.0. The Hall–Kier alpha value is -1.67. The third-order valence-electron chi connectivity index (χ3n) is 3.89. The molecule has 0 radical (unpaired) electrons. The number of H-pyrrole nitrogens is 1. The van der Waals surface area contributed by atoms with E-state index in [1.54, 1.807) is 4.57 Å². The second-order valence-electron chi connectivity index (χ2n) is 5.60. The monoisotopic (exact) mass is 309 g/mol. The lowest BCUT2D eigenvalue weighted by Crippen LogP contribution is -2.41. The van der Waals surface area contributed by atoms with Gasteiger partial charge >= 0.3 is 0 Å². The first kappa shape index (κ1) is 14.3. The number of hydrogen-bond donors (Lipinski definition) is 2. The smallest absolute Gasteiger partial charge is 0.264 e. The molecular weight excluding hydrogens is 290 g/mol. The molecule has 0 bridgehead atoms. The van der Waals surface area contributed by atoms with E-state index in [2.05, 4.69) is 22.0 Å². The molecule has 1 aliphatic heterocycles. The van der Waals surface area contributed by atoms with Crippen LogP contribution in [0.4, 0.5) is 0 Å². The van der Waals surface area contributed by atoms with E-state index >= 15 is 0 Å². The Balaban J connectivity index is 1.86. The number of aromatic nitrogens is 2. The highest BCUT2D eigenvalue weighted by Gasteiger charge is 2.27. The van der Waals surface area contributed by atoms with Gasteiger partial charge in [-0.05, 0) is 32.1 Å². The summed E-state index contributed by atoms with van der Waals surface area (Å²) in [6, 6.07) is 0.199. The van der Waals surface area contributed by atoms with Gasteiger partial charge in [0, 0.05) is 32.2 Å². The van der Waals surface area contributed by atoms with Crippen molar-refractivity contribution in [2.75, 3.05) is 33.2 Å². The van der Waals surface area contributed by atoms with Gasteiger partial charge in [0.2, 0.25) is 5.88 Å². The second-order valence-corrected chi connectivity index (χ2v) is 5.99. The first-order valence-electron chi connectivity index (χ1n) is 7.11. The molecule has 1 aromatic rings. The van der Waals surface area contributed by atoms with Crippen molar-refractivity contribution in [2.45, 2.75) is 18.9 Å². The second kappa shape index (κ2) is 5.61. The Morgan fingerprint density at radius 2 is 2.00 bits per heavy atom. The molecule has 114 valence electrons. The van der Waals surface area contributed by atoms with Crippen LogP contribution in [0.3, 0.4) is 0 Å². The summed E-state index contributed by atoms with van der Waals surface area (Å²) in [6.45, 7) is 3.50. The maximum absolute atomic E-state index is 12.0. The van der Waals surface area contributed by atoms with Crippen LogP contribution in [0, 0.1) is 4.77 Å². The minimum absolute atomic E-state index is 0.0795. The SMILES string of the molecule is CN1CCN(/N=C/c2c(O)n(C3CC3)c(=S)[nH]c2=O)CC1. The lowest BCUT2D eigenvalue weighted by molar-refractivity contribution is 0.159. The average Bonchev–Trinajstić information content (AvgIpc) is 3.25. The zero-order valence-corrected chi connectivity index (χ0v) is 12.8. The van der Waals surface area contributed by atoms with Crippen molar-refractivity contribution in [2.24, 2.45) is 5.10 Å². The van der Waals surface area contributed by atoms with Crippen LogP contribution >= 0.6 is 12.2 Å². The molecule has 0 aromatic carbocycles. The molecule has 0 amide bonds. The molecule has 2 fully saturated rings. The van der Waals surface area contributed by atoms with Crippen molar-refractivity contribution in [3.63, 3.8) is 0 Å². The van der Waals surface area contributed by atoms with Crippen LogP contribution in [0.1, 0.15) is 24.4 Å². The van der Waals surface area contributed by atoms with E-state index in [9.17, 15) is 9.90 Å². The highest BCUT2D eigenvalue weighted by molar-refractivity contribution is 7.71. The summed E-state index contributed by atoms with van der Waals surface area (Å²) < 4.78 is 1.89. The number of piperazine rings is 1. The average molecular weight is 309 g/mol. The Bertz CT molecular complexity index is 668. The third kappa shape index (κ3) is 3.01. The van der Waals surface area contributed by atoms with Crippen LogP contribution in [0.15, 0.2) is 9.90 Å². The summed E-state index contributed by atoms with van der Waals surface area (Å²) in [5, 5.41) is 16.5. The lowest BCUT2D eigenvalue weighted by Gasteiger charge is -2.30. The van der Waals surface area contributed by atoms with Gasteiger partial charge < -0.3 is 10.0 Å². The summed E-state index contributed by atoms with van der Waals surface area (Å²) in [5.74, 6) is -0.0795. The van der Waals surface area contributed by atoms with Gasteiger partial charge in [-0.25, -0.2) is 0 Å². The molecule has 7 nitrogen and oxygen atoms in total. The minimum Gasteiger partial charge on any atom is -0.494 e. The van der Waals surface area contributed by atoms with E-state index in [0.717, 1.165) is 39.0 Å². The zero-order valence-electron chi connectivity index (χ0n) is 11.9. The predicted octanol–water partition coefficient (Wildman–Crippen LogP) is 0.528. The maximum Gasteiger partial charge on any atom is 0.264 e. The van der Waals surface area contributed by atoms with Gasteiger partial charge in [-0.3, -0.25) is 19.4 Å². The highest BCUT2D eigenvalue weighted by atomic mass is 32.1. The maximum atomic E-state index is 12.0. The van der Waals surface area contributed by atoms with Crippen LogP contribution in [0.5, 0.6) is 5.88 Å². The number of likely N-dealkylation sites (N-methyl/N-ethyl adjacent to an activating group) is 1. The quantitative estimate of drug-likeness (QED) is 0.629. The Labute approximate surface area is 127 Å². The van der Waals surface area contributed by atoms with Crippen LogP contribution in [-0.2, 0) is 0 Å². The fraction of sp³-hybridized carbons (Fsp3) is 0.615. The number of hydrogen-bond acceptors (Lipinski definition) is 6. The molecule has 0 spiro atoms. The molecule has 0 unspecified atom stereocenters. The fourth-order valence-corrected chi connectivity index (χ4v) is 2.72. The van der Waals surface area contributed by atoms with Crippen molar-refractivity contribution in [1.82, 2.24) is 19.5 Å².